The van der Waals surface area contributed by atoms with Crippen molar-refractivity contribution in [2.45, 2.75) is 11.8 Å². The fraction of sp³-hybridized carbons (Fsp3) is 0.125. The first kappa shape index (κ1) is 13.8. The first-order chi connectivity index (χ1) is 5.91. The molecule has 1 rings (SSSR count). The van der Waals surface area contributed by atoms with Gasteiger partial charge in [-0.1, -0.05) is 12.1 Å². The monoisotopic (exact) mass is 222 g/mol. The Kier molecular flexibility index (Phi) is 4.97. The number of hydrogen-bond donors (Lipinski definition) is 0. The number of carbonyl (C=O) groups is 1. The van der Waals surface area contributed by atoms with Crippen molar-refractivity contribution in [3.8, 4) is 0 Å². The second-order valence-electron chi connectivity index (χ2n) is 2.54. The summed E-state index contributed by atoms with van der Waals surface area (Å²) in [5, 5.41) is 0. The molecule has 0 saturated carbocycles. The van der Waals surface area contributed by atoms with Gasteiger partial charge in [-0.05, 0) is 19.1 Å². The van der Waals surface area contributed by atoms with Crippen molar-refractivity contribution in [3.63, 3.8) is 0 Å². The van der Waals surface area contributed by atoms with Crippen LogP contribution in [0.1, 0.15) is 17.3 Å². The Balaban J connectivity index is 0.00000169. The molecule has 0 amide bonds. The number of Topliss-reactive ketones (excluding diaryl/α,β-unsaturated/α-hetero) is 1. The predicted molar refractivity (Wildman–Crippen MR) is 44.4 cm³/mol. The molecule has 14 heavy (non-hydrogen) atoms. The Hall–Kier alpha value is -0.200. The van der Waals surface area contributed by atoms with E-state index < -0.39 is 10.1 Å². The summed E-state index contributed by atoms with van der Waals surface area (Å²) in [6.45, 7) is 1.30. The summed E-state index contributed by atoms with van der Waals surface area (Å²) in [7, 11) is -4.46. The molecule has 4 nitrogen and oxygen atoms in total. The van der Waals surface area contributed by atoms with Crippen LogP contribution >= 0.6 is 0 Å². The number of hydrogen-bond acceptors (Lipinski definition) is 4. The SMILES string of the molecule is CC(=O)c1cccc(S(=O)(=O)[O-])c1.[Na+]. The van der Waals surface area contributed by atoms with Crippen LogP contribution in [0.4, 0.5) is 0 Å². The van der Waals surface area contributed by atoms with Gasteiger partial charge < -0.3 is 4.55 Å². The summed E-state index contributed by atoms with van der Waals surface area (Å²) in [6, 6.07) is 5.05. The van der Waals surface area contributed by atoms with Crippen LogP contribution in [0.5, 0.6) is 0 Å². The van der Waals surface area contributed by atoms with Gasteiger partial charge in [0.1, 0.15) is 10.1 Å². The molecule has 0 aliphatic carbocycles. The second kappa shape index (κ2) is 5.04. The van der Waals surface area contributed by atoms with E-state index in [0.29, 0.717) is 0 Å². The Morgan fingerprint density at radius 3 is 2.36 bits per heavy atom. The van der Waals surface area contributed by atoms with Gasteiger partial charge >= 0.3 is 29.6 Å². The van der Waals surface area contributed by atoms with Gasteiger partial charge in [0.15, 0.2) is 5.78 Å². The van der Waals surface area contributed by atoms with E-state index in [2.05, 4.69) is 0 Å². The number of benzene rings is 1. The molecule has 1 aromatic rings. The number of ketones is 1. The fourth-order valence-electron chi connectivity index (χ4n) is 0.871. The standard InChI is InChI=1S/C8H8O4S.Na/c1-6(9)7-3-2-4-8(5-7)13(10,11)12;/h2-5H,1H3,(H,10,11,12);/q;+1/p-1. The van der Waals surface area contributed by atoms with Gasteiger partial charge in [-0.3, -0.25) is 4.79 Å². The average molecular weight is 222 g/mol. The van der Waals surface area contributed by atoms with E-state index in [1.54, 1.807) is 0 Å². The Bertz CT molecular complexity index is 438. The molecule has 1 aromatic carbocycles. The molecule has 0 unspecified atom stereocenters. The van der Waals surface area contributed by atoms with Crippen LogP contribution < -0.4 is 29.6 Å². The van der Waals surface area contributed by atoms with Gasteiger partial charge in [0.25, 0.3) is 0 Å². The third-order valence-electron chi connectivity index (χ3n) is 1.53. The molecule has 0 aliphatic heterocycles. The fourth-order valence-corrected chi connectivity index (χ4v) is 1.39. The summed E-state index contributed by atoms with van der Waals surface area (Å²) in [5.41, 5.74) is 0.219. The molecule has 0 radical (unpaired) electrons. The van der Waals surface area contributed by atoms with Crippen LogP contribution in [0.15, 0.2) is 29.2 Å². The maximum atomic E-state index is 10.8. The smallest absolute Gasteiger partial charge is 0.744 e. The zero-order chi connectivity index (χ0) is 10.1. The van der Waals surface area contributed by atoms with Crippen molar-refractivity contribution in [1.29, 1.82) is 0 Å². The second-order valence-corrected chi connectivity index (χ2v) is 3.92. The summed E-state index contributed by atoms with van der Waals surface area (Å²) >= 11 is 0. The molecule has 0 N–H and O–H groups in total. The zero-order valence-electron chi connectivity index (χ0n) is 7.85. The Morgan fingerprint density at radius 2 is 1.93 bits per heavy atom. The first-order valence-corrected chi connectivity index (χ1v) is 4.89. The maximum Gasteiger partial charge on any atom is 1.00 e. The van der Waals surface area contributed by atoms with Gasteiger partial charge in [-0.15, -0.1) is 0 Å². The zero-order valence-corrected chi connectivity index (χ0v) is 10.7. The molecule has 70 valence electrons. The minimum Gasteiger partial charge on any atom is -0.744 e. The topological polar surface area (TPSA) is 74.3 Å². The molecule has 0 spiro atoms. The molecule has 0 heterocycles. The van der Waals surface area contributed by atoms with E-state index in [9.17, 15) is 17.8 Å². The van der Waals surface area contributed by atoms with E-state index in [4.69, 9.17) is 0 Å². The third kappa shape index (κ3) is 3.51. The van der Waals surface area contributed by atoms with Crippen LogP contribution in [-0.4, -0.2) is 18.8 Å². The van der Waals surface area contributed by atoms with Crippen molar-refractivity contribution in [3.05, 3.63) is 29.8 Å². The van der Waals surface area contributed by atoms with Crippen molar-refractivity contribution < 1.29 is 47.3 Å². The number of carbonyl (C=O) groups excluding carboxylic acids is 1. The molecule has 0 aromatic heterocycles. The van der Waals surface area contributed by atoms with Gasteiger partial charge in [0.2, 0.25) is 0 Å². The normalized spacial score (nSPS) is 10.4. The van der Waals surface area contributed by atoms with Crippen molar-refractivity contribution in [2.24, 2.45) is 0 Å². The summed E-state index contributed by atoms with van der Waals surface area (Å²) < 4.78 is 31.6. The van der Waals surface area contributed by atoms with Gasteiger partial charge in [-0.2, -0.15) is 0 Å². The van der Waals surface area contributed by atoms with Crippen LogP contribution in [0.3, 0.4) is 0 Å². The molecule has 0 atom stereocenters. The molecule has 6 heteroatoms. The van der Waals surface area contributed by atoms with Crippen molar-refractivity contribution in [2.75, 3.05) is 0 Å². The van der Waals surface area contributed by atoms with Gasteiger partial charge in [0.05, 0.1) is 4.90 Å². The summed E-state index contributed by atoms with van der Waals surface area (Å²) in [6.07, 6.45) is 0. The first-order valence-electron chi connectivity index (χ1n) is 3.48. The Labute approximate surface area is 104 Å². The maximum absolute atomic E-state index is 10.8. The van der Waals surface area contributed by atoms with Crippen LogP contribution in [0, 0.1) is 0 Å². The van der Waals surface area contributed by atoms with E-state index in [-0.39, 0.29) is 45.8 Å². The molecule has 0 aliphatic rings. The summed E-state index contributed by atoms with van der Waals surface area (Å²) in [4.78, 5) is 10.5. The molecular formula is C8H7NaO4S. The van der Waals surface area contributed by atoms with Crippen molar-refractivity contribution in [1.82, 2.24) is 0 Å². The van der Waals surface area contributed by atoms with Gasteiger partial charge in [0, 0.05) is 5.56 Å². The molecule has 0 saturated heterocycles. The number of rotatable bonds is 2. The third-order valence-corrected chi connectivity index (χ3v) is 2.36. The minimum atomic E-state index is -4.46. The predicted octanol–water partition coefficient (Wildman–Crippen LogP) is -2.20. The van der Waals surface area contributed by atoms with Gasteiger partial charge in [-0.25, -0.2) is 8.42 Å². The van der Waals surface area contributed by atoms with Crippen LogP contribution in [0.25, 0.3) is 0 Å². The average Bonchev–Trinajstić information content (AvgIpc) is 2.03. The molecule has 0 bridgehead atoms. The quantitative estimate of drug-likeness (QED) is 0.323. The van der Waals surface area contributed by atoms with Crippen LogP contribution in [-0.2, 0) is 10.1 Å². The van der Waals surface area contributed by atoms with E-state index in [1.165, 1.54) is 19.1 Å². The van der Waals surface area contributed by atoms with E-state index in [0.717, 1.165) is 12.1 Å². The van der Waals surface area contributed by atoms with Crippen molar-refractivity contribution >= 4 is 15.9 Å². The Morgan fingerprint density at radius 1 is 1.36 bits per heavy atom. The minimum absolute atomic E-state index is 0. The van der Waals surface area contributed by atoms with E-state index >= 15 is 0 Å². The largest absolute Gasteiger partial charge is 1.00 e. The summed E-state index contributed by atoms with van der Waals surface area (Å²) in [5.74, 6) is -0.273. The van der Waals surface area contributed by atoms with E-state index in [1.807, 2.05) is 0 Å². The molecule has 0 fully saturated rings. The van der Waals surface area contributed by atoms with Crippen LogP contribution in [0.2, 0.25) is 0 Å². The molecular weight excluding hydrogens is 215 g/mol.